The number of piperidine rings is 2. The summed E-state index contributed by atoms with van der Waals surface area (Å²) in [5.41, 5.74) is 0. The van der Waals surface area contributed by atoms with Crippen molar-refractivity contribution in [2.45, 2.75) is 64.2 Å². The first kappa shape index (κ1) is 23.6. The van der Waals surface area contributed by atoms with Crippen LogP contribution >= 0.6 is 0 Å². The van der Waals surface area contributed by atoms with Crippen LogP contribution in [-0.2, 0) is 28.8 Å². The van der Waals surface area contributed by atoms with Gasteiger partial charge in [-0.05, 0) is 51.4 Å². The maximum Gasteiger partial charge on any atom is 0.366 e. The van der Waals surface area contributed by atoms with Gasteiger partial charge < -0.3 is 14.8 Å². The van der Waals surface area contributed by atoms with Gasteiger partial charge in [-0.1, -0.05) is 12.8 Å². The topological polar surface area (TPSA) is 121 Å². The molecule has 10 heteroatoms. The maximum atomic E-state index is 13.1. The van der Waals surface area contributed by atoms with Gasteiger partial charge in [-0.15, -0.1) is 0 Å². The Labute approximate surface area is 194 Å². The SMILES string of the molecule is CN1C(=O)C2CC(CC3CC(C2)C(=O)N(BNC(=O)C2CCCC(C=O)CCC2)C3=O)C1=O. The summed E-state index contributed by atoms with van der Waals surface area (Å²) in [5, 5.41) is 2.79. The molecular formula is C23H32BN3O6. The van der Waals surface area contributed by atoms with Crippen LogP contribution in [0, 0.1) is 35.5 Å². The molecule has 0 aromatic heterocycles. The van der Waals surface area contributed by atoms with Crippen LogP contribution in [0.3, 0.4) is 0 Å². The van der Waals surface area contributed by atoms with E-state index in [4.69, 9.17) is 0 Å². The zero-order valence-electron chi connectivity index (χ0n) is 19.2. The summed E-state index contributed by atoms with van der Waals surface area (Å²) < 4.78 is 0. The first-order valence-electron chi connectivity index (χ1n) is 12.2. The van der Waals surface area contributed by atoms with Crippen molar-refractivity contribution in [1.29, 1.82) is 0 Å². The highest BCUT2D eigenvalue weighted by Gasteiger charge is 2.49. The highest BCUT2D eigenvalue weighted by atomic mass is 16.2. The number of aldehydes is 1. The molecule has 0 spiro atoms. The molecule has 0 radical (unpaired) electrons. The lowest BCUT2D eigenvalue weighted by Gasteiger charge is -2.43. The number of fused-ring (bicyclic) bond motifs is 4. The Kier molecular flexibility index (Phi) is 7.00. The summed E-state index contributed by atoms with van der Waals surface area (Å²) >= 11 is 0. The van der Waals surface area contributed by atoms with Crippen molar-refractivity contribution in [2.24, 2.45) is 35.5 Å². The summed E-state index contributed by atoms with van der Waals surface area (Å²) in [4.78, 5) is 77.4. The average Bonchev–Trinajstić information content (AvgIpc) is 2.76. The van der Waals surface area contributed by atoms with Crippen molar-refractivity contribution in [3.63, 3.8) is 0 Å². The van der Waals surface area contributed by atoms with E-state index >= 15 is 0 Å². The van der Waals surface area contributed by atoms with Gasteiger partial charge in [0.05, 0.1) is 0 Å². The standard InChI is InChI=1S/C23H32BN3O6/c1-26-20(30)15-8-16(21(26)31)10-18-11-17(9-15)22(32)27(23(18)33)24-25-19(29)14-6-2-4-13(12-28)5-3-7-14/h12-18,24H,2-11H2,1H3,(H,25,29). The van der Waals surface area contributed by atoms with E-state index in [1.165, 1.54) is 7.05 Å². The fraction of sp³-hybridized carbons (Fsp3) is 0.739. The van der Waals surface area contributed by atoms with Crippen molar-refractivity contribution >= 4 is 43.4 Å². The lowest BCUT2D eigenvalue weighted by molar-refractivity contribution is -0.159. The number of amides is 5. The summed E-state index contributed by atoms with van der Waals surface area (Å²) in [6, 6.07) is 0. The second-order valence-corrected chi connectivity index (χ2v) is 10.2. The van der Waals surface area contributed by atoms with Crippen LogP contribution in [0.4, 0.5) is 0 Å². The fourth-order valence-corrected chi connectivity index (χ4v) is 6.17. The molecule has 2 aliphatic heterocycles. The van der Waals surface area contributed by atoms with Crippen LogP contribution < -0.4 is 5.23 Å². The van der Waals surface area contributed by atoms with Crippen LogP contribution in [0.5, 0.6) is 0 Å². The number of carbonyl (C=O) groups is 6. The summed E-state index contributed by atoms with van der Waals surface area (Å²) in [5.74, 6) is -3.15. The van der Waals surface area contributed by atoms with Crippen molar-refractivity contribution < 1.29 is 28.8 Å². The number of nitrogens with zero attached hydrogens (tertiary/aromatic N) is 2. The van der Waals surface area contributed by atoms with Crippen molar-refractivity contribution in [3.05, 3.63) is 0 Å². The highest BCUT2D eigenvalue weighted by molar-refractivity contribution is 6.44. The van der Waals surface area contributed by atoms with Crippen molar-refractivity contribution in [1.82, 2.24) is 14.9 Å². The first-order valence-corrected chi connectivity index (χ1v) is 12.2. The third-order valence-corrected chi connectivity index (χ3v) is 8.10. The van der Waals surface area contributed by atoms with Gasteiger partial charge in [0.2, 0.25) is 29.5 Å². The molecule has 4 atom stereocenters. The molecule has 33 heavy (non-hydrogen) atoms. The minimum atomic E-state index is -0.456. The fourth-order valence-electron chi connectivity index (χ4n) is 6.17. The predicted molar refractivity (Wildman–Crippen MR) is 118 cm³/mol. The number of nitrogens with one attached hydrogen (secondary N) is 1. The van der Waals surface area contributed by atoms with Gasteiger partial charge in [0.1, 0.15) is 6.29 Å². The maximum absolute atomic E-state index is 13.1. The Morgan fingerprint density at radius 2 is 1.27 bits per heavy atom. The van der Waals surface area contributed by atoms with Gasteiger partial charge in [0.25, 0.3) is 0 Å². The predicted octanol–water partition coefficient (Wildman–Crippen LogP) is 0.561. The van der Waals surface area contributed by atoms with E-state index in [1.807, 2.05) is 0 Å². The zero-order valence-corrected chi connectivity index (χ0v) is 19.2. The van der Waals surface area contributed by atoms with Crippen LogP contribution in [0.1, 0.15) is 64.2 Å². The first-order chi connectivity index (χ1) is 15.8. The number of imide groups is 2. The molecule has 178 valence electrons. The molecule has 4 rings (SSSR count). The molecule has 9 nitrogen and oxygen atoms in total. The van der Waals surface area contributed by atoms with Gasteiger partial charge >= 0.3 is 7.55 Å². The molecule has 4 unspecified atom stereocenters. The summed E-state index contributed by atoms with van der Waals surface area (Å²) in [7, 11) is 1.30. The van der Waals surface area contributed by atoms with Gasteiger partial charge in [-0.2, -0.15) is 0 Å². The van der Waals surface area contributed by atoms with Crippen LogP contribution in [-0.4, -0.2) is 60.1 Å². The molecular weight excluding hydrogens is 425 g/mol. The van der Waals surface area contributed by atoms with Crippen molar-refractivity contribution in [3.8, 4) is 0 Å². The number of likely N-dealkylation sites (tertiary alicyclic amines) is 1. The lowest BCUT2D eigenvalue weighted by atomic mass is 9.69. The largest absolute Gasteiger partial charge is 0.382 e. The third-order valence-electron chi connectivity index (χ3n) is 8.10. The monoisotopic (exact) mass is 457 g/mol. The Balaban J connectivity index is 1.40. The Bertz CT molecular complexity index is 811. The number of hydrogen-bond acceptors (Lipinski definition) is 6. The minimum Gasteiger partial charge on any atom is -0.382 e. The average molecular weight is 457 g/mol. The Morgan fingerprint density at radius 1 is 0.818 bits per heavy atom. The molecule has 2 saturated carbocycles. The van der Waals surface area contributed by atoms with E-state index in [-0.39, 0.29) is 60.8 Å². The van der Waals surface area contributed by atoms with Gasteiger partial charge in [-0.25, -0.2) is 0 Å². The second kappa shape index (κ2) is 9.77. The van der Waals surface area contributed by atoms with Gasteiger partial charge in [0.15, 0.2) is 0 Å². The molecule has 4 bridgehead atoms. The number of rotatable bonds is 4. The second-order valence-electron chi connectivity index (χ2n) is 10.2. The van der Waals surface area contributed by atoms with Crippen LogP contribution in [0.25, 0.3) is 0 Å². The van der Waals surface area contributed by atoms with Crippen LogP contribution in [0.2, 0.25) is 0 Å². The van der Waals surface area contributed by atoms with E-state index < -0.39 is 11.8 Å². The summed E-state index contributed by atoms with van der Waals surface area (Å²) in [6.07, 6.45) is 6.97. The van der Waals surface area contributed by atoms with E-state index in [1.54, 1.807) is 0 Å². The van der Waals surface area contributed by atoms with Crippen LogP contribution in [0.15, 0.2) is 0 Å². The zero-order chi connectivity index (χ0) is 23.7. The highest BCUT2D eigenvalue weighted by Crippen LogP contribution is 2.41. The van der Waals surface area contributed by atoms with Gasteiger partial charge in [-0.3, -0.25) is 28.9 Å². The van der Waals surface area contributed by atoms with E-state index in [0.29, 0.717) is 38.5 Å². The molecule has 2 heterocycles. The molecule has 4 fully saturated rings. The Morgan fingerprint density at radius 3 is 1.73 bits per heavy atom. The van der Waals surface area contributed by atoms with E-state index in [9.17, 15) is 28.8 Å². The molecule has 0 aromatic rings. The van der Waals surface area contributed by atoms with Crippen molar-refractivity contribution in [2.75, 3.05) is 7.05 Å². The lowest BCUT2D eigenvalue weighted by Crippen LogP contribution is -2.59. The van der Waals surface area contributed by atoms with E-state index in [0.717, 1.165) is 41.7 Å². The minimum absolute atomic E-state index is 0.0723. The molecule has 2 aliphatic carbocycles. The number of carbonyl (C=O) groups excluding carboxylic acids is 6. The molecule has 1 N–H and O–H groups in total. The molecule has 0 aromatic carbocycles. The smallest absolute Gasteiger partial charge is 0.366 e. The summed E-state index contributed by atoms with van der Waals surface area (Å²) in [6.45, 7) is 0. The van der Waals surface area contributed by atoms with E-state index in [2.05, 4.69) is 5.23 Å². The molecule has 4 aliphatic rings. The third kappa shape index (κ3) is 4.75. The number of hydrogen-bond donors (Lipinski definition) is 1. The molecule has 2 saturated heterocycles. The normalized spacial score (nSPS) is 35.2. The molecule has 5 amide bonds. The van der Waals surface area contributed by atoms with Gasteiger partial charge in [0, 0.05) is 42.6 Å². The Hall–Kier alpha value is -2.52. The quantitative estimate of drug-likeness (QED) is 0.374.